The maximum absolute atomic E-state index is 12.3. The largest absolute Gasteiger partial charge is 0.397 e. The van der Waals surface area contributed by atoms with Crippen molar-refractivity contribution in [2.75, 3.05) is 12.3 Å². The molecule has 2 aromatic rings. The number of carbonyl (C=O) groups is 1. The molecular weight excluding hydrogens is 286 g/mol. The van der Waals surface area contributed by atoms with E-state index in [4.69, 9.17) is 5.73 Å². The first kappa shape index (κ1) is 14.3. The molecule has 112 valence electrons. The maximum Gasteiger partial charge on any atom is 0.263 e. The number of thiophene rings is 1. The van der Waals surface area contributed by atoms with Gasteiger partial charge in [-0.15, -0.1) is 11.3 Å². The number of aromatic nitrogens is 1. The van der Waals surface area contributed by atoms with Gasteiger partial charge in [-0.1, -0.05) is 0 Å². The summed E-state index contributed by atoms with van der Waals surface area (Å²) in [5, 5.41) is 13.3. The second-order valence-corrected chi connectivity index (χ2v) is 6.58. The number of aliphatic hydroxyl groups excluding tert-OH is 1. The number of nitrogen functional groups attached to an aromatic ring is 1. The van der Waals surface area contributed by atoms with Gasteiger partial charge in [-0.05, 0) is 43.7 Å². The lowest BCUT2D eigenvalue weighted by atomic mass is 9.87. The van der Waals surface area contributed by atoms with Crippen molar-refractivity contribution in [3.63, 3.8) is 0 Å². The van der Waals surface area contributed by atoms with Crippen LogP contribution in [0.4, 0.5) is 5.69 Å². The van der Waals surface area contributed by atoms with Gasteiger partial charge < -0.3 is 16.2 Å². The first-order valence-corrected chi connectivity index (χ1v) is 8.06. The van der Waals surface area contributed by atoms with Crippen LogP contribution in [0.3, 0.4) is 0 Å². The number of nitrogens with two attached hydrogens (primary N) is 1. The van der Waals surface area contributed by atoms with Crippen LogP contribution >= 0.6 is 11.3 Å². The smallest absolute Gasteiger partial charge is 0.263 e. The van der Waals surface area contributed by atoms with Gasteiger partial charge in [0.1, 0.15) is 9.71 Å². The highest BCUT2D eigenvalue weighted by Crippen LogP contribution is 2.32. The monoisotopic (exact) mass is 305 g/mol. The van der Waals surface area contributed by atoms with Crippen LogP contribution in [0.15, 0.2) is 18.3 Å². The van der Waals surface area contributed by atoms with Gasteiger partial charge in [0.25, 0.3) is 5.91 Å². The number of hydrogen-bond donors (Lipinski definition) is 3. The SMILES string of the molecule is Nc1c(C(=O)NCC2CCC(O)CC2)sc2ncccc12. The van der Waals surface area contributed by atoms with Crippen LogP contribution in [0, 0.1) is 5.92 Å². The first-order valence-electron chi connectivity index (χ1n) is 7.24. The number of nitrogens with zero attached hydrogens (tertiary/aromatic N) is 1. The van der Waals surface area contributed by atoms with Gasteiger partial charge in [0.2, 0.25) is 0 Å². The Kier molecular flexibility index (Phi) is 4.07. The summed E-state index contributed by atoms with van der Waals surface area (Å²) in [4.78, 5) is 17.9. The average molecular weight is 305 g/mol. The minimum atomic E-state index is -0.165. The number of anilines is 1. The van der Waals surface area contributed by atoms with Gasteiger partial charge in [-0.3, -0.25) is 4.79 Å². The molecule has 2 heterocycles. The molecule has 0 saturated heterocycles. The van der Waals surface area contributed by atoms with Gasteiger partial charge in [0, 0.05) is 18.1 Å². The summed E-state index contributed by atoms with van der Waals surface area (Å²) in [6.07, 6.45) is 5.12. The van der Waals surface area contributed by atoms with Crippen molar-refractivity contribution >= 4 is 33.1 Å². The molecule has 0 aliphatic heterocycles. The molecule has 1 amide bonds. The highest BCUT2D eigenvalue weighted by molar-refractivity contribution is 7.21. The summed E-state index contributed by atoms with van der Waals surface area (Å²) in [5.74, 6) is 0.327. The zero-order valence-electron chi connectivity index (χ0n) is 11.7. The minimum Gasteiger partial charge on any atom is -0.397 e. The third-order valence-electron chi connectivity index (χ3n) is 4.08. The van der Waals surface area contributed by atoms with E-state index in [1.54, 1.807) is 6.20 Å². The van der Waals surface area contributed by atoms with Crippen LogP contribution < -0.4 is 11.1 Å². The molecule has 2 aromatic heterocycles. The minimum absolute atomic E-state index is 0.123. The van der Waals surface area contributed by atoms with E-state index in [1.807, 2.05) is 12.1 Å². The van der Waals surface area contributed by atoms with Crippen molar-refractivity contribution in [2.45, 2.75) is 31.8 Å². The summed E-state index contributed by atoms with van der Waals surface area (Å²) >= 11 is 1.33. The predicted octanol–water partition coefficient (Wildman–Crippen LogP) is 2.16. The molecular formula is C15H19N3O2S. The van der Waals surface area contributed by atoms with E-state index in [0.717, 1.165) is 35.9 Å². The molecule has 1 fully saturated rings. The van der Waals surface area contributed by atoms with E-state index in [0.29, 0.717) is 23.0 Å². The lowest BCUT2D eigenvalue weighted by molar-refractivity contribution is 0.0914. The van der Waals surface area contributed by atoms with Crippen molar-refractivity contribution in [1.82, 2.24) is 10.3 Å². The number of fused-ring (bicyclic) bond motifs is 1. The molecule has 1 saturated carbocycles. The number of carbonyl (C=O) groups excluding carboxylic acids is 1. The molecule has 0 bridgehead atoms. The molecule has 0 spiro atoms. The zero-order valence-corrected chi connectivity index (χ0v) is 12.5. The lowest BCUT2D eigenvalue weighted by Gasteiger charge is -2.25. The fraction of sp³-hybridized carbons (Fsp3) is 0.467. The van der Waals surface area contributed by atoms with Crippen molar-refractivity contribution < 1.29 is 9.90 Å². The van der Waals surface area contributed by atoms with Crippen LogP contribution in [0.2, 0.25) is 0 Å². The van der Waals surface area contributed by atoms with Gasteiger partial charge >= 0.3 is 0 Å². The number of nitrogens with one attached hydrogen (secondary N) is 1. The molecule has 0 unspecified atom stereocenters. The van der Waals surface area contributed by atoms with E-state index in [9.17, 15) is 9.90 Å². The normalized spacial score (nSPS) is 22.3. The number of amides is 1. The molecule has 0 radical (unpaired) electrons. The second kappa shape index (κ2) is 5.99. The van der Waals surface area contributed by atoms with E-state index in [-0.39, 0.29) is 12.0 Å². The van der Waals surface area contributed by atoms with Crippen LogP contribution in [0.1, 0.15) is 35.4 Å². The highest BCUT2D eigenvalue weighted by atomic mass is 32.1. The number of aliphatic hydroxyl groups is 1. The number of pyridine rings is 1. The molecule has 6 heteroatoms. The second-order valence-electron chi connectivity index (χ2n) is 5.59. The summed E-state index contributed by atoms with van der Waals surface area (Å²) in [6, 6.07) is 3.70. The van der Waals surface area contributed by atoms with Gasteiger partial charge in [-0.25, -0.2) is 4.98 Å². The fourth-order valence-electron chi connectivity index (χ4n) is 2.79. The van der Waals surface area contributed by atoms with E-state index in [2.05, 4.69) is 10.3 Å². The summed E-state index contributed by atoms with van der Waals surface area (Å²) in [7, 11) is 0. The Morgan fingerprint density at radius 3 is 2.90 bits per heavy atom. The van der Waals surface area contributed by atoms with E-state index in [1.165, 1.54) is 11.3 Å². The Balaban J connectivity index is 1.65. The molecule has 4 N–H and O–H groups in total. The Bertz CT molecular complexity index is 647. The van der Waals surface area contributed by atoms with Gasteiger partial charge in [0.05, 0.1) is 11.8 Å². The van der Waals surface area contributed by atoms with E-state index >= 15 is 0 Å². The molecule has 5 nitrogen and oxygen atoms in total. The van der Waals surface area contributed by atoms with Gasteiger partial charge in [-0.2, -0.15) is 0 Å². The van der Waals surface area contributed by atoms with Crippen LogP contribution in [-0.4, -0.2) is 28.6 Å². The molecule has 1 aliphatic carbocycles. The third kappa shape index (κ3) is 3.01. The molecule has 3 rings (SSSR count). The predicted molar refractivity (Wildman–Crippen MR) is 84.3 cm³/mol. The molecule has 0 aromatic carbocycles. The quantitative estimate of drug-likeness (QED) is 0.811. The van der Waals surface area contributed by atoms with Crippen molar-refractivity contribution in [2.24, 2.45) is 5.92 Å². The molecule has 1 aliphatic rings. The van der Waals surface area contributed by atoms with Crippen LogP contribution in [-0.2, 0) is 0 Å². The summed E-state index contributed by atoms with van der Waals surface area (Å²) in [6.45, 7) is 0.646. The zero-order chi connectivity index (χ0) is 14.8. The first-order chi connectivity index (χ1) is 10.1. The summed E-state index contributed by atoms with van der Waals surface area (Å²) in [5.41, 5.74) is 6.56. The molecule has 21 heavy (non-hydrogen) atoms. The maximum atomic E-state index is 12.3. The van der Waals surface area contributed by atoms with Gasteiger partial charge in [0.15, 0.2) is 0 Å². The van der Waals surface area contributed by atoms with Crippen molar-refractivity contribution in [3.8, 4) is 0 Å². The highest BCUT2D eigenvalue weighted by Gasteiger charge is 2.21. The fourth-order valence-corrected chi connectivity index (χ4v) is 3.77. The van der Waals surface area contributed by atoms with Crippen molar-refractivity contribution in [3.05, 3.63) is 23.2 Å². The van der Waals surface area contributed by atoms with Crippen molar-refractivity contribution in [1.29, 1.82) is 0 Å². The van der Waals surface area contributed by atoms with Crippen LogP contribution in [0.25, 0.3) is 10.2 Å². The standard InChI is InChI=1S/C15H19N3O2S/c16-12-11-2-1-7-17-15(11)21-13(12)14(20)18-8-9-3-5-10(19)6-4-9/h1-2,7,9-10,19H,3-6,8,16H2,(H,18,20). The topological polar surface area (TPSA) is 88.2 Å². The summed E-state index contributed by atoms with van der Waals surface area (Å²) < 4.78 is 0. The van der Waals surface area contributed by atoms with Crippen LogP contribution in [0.5, 0.6) is 0 Å². The van der Waals surface area contributed by atoms with E-state index < -0.39 is 0 Å². The Morgan fingerprint density at radius 2 is 2.19 bits per heavy atom. The number of hydrogen-bond acceptors (Lipinski definition) is 5. The lowest BCUT2D eigenvalue weighted by Crippen LogP contribution is -2.32. The Morgan fingerprint density at radius 1 is 1.43 bits per heavy atom. The Hall–Kier alpha value is -1.66. The average Bonchev–Trinajstić information content (AvgIpc) is 2.84. The third-order valence-corrected chi connectivity index (χ3v) is 5.21. The Labute approximate surface area is 127 Å². The number of rotatable bonds is 3. The molecule has 0 atom stereocenters.